The molecule has 0 atom stereocenters. The number of halogens is 1. The Morgan fingerprint density at radius 1 is 0.912 bits per heavy atom. The van der Waals surface area contributed by atoms with Crippen LogP contribution >= 0.6 is 0 Å². The number of benzene rings is 2. The third kappa shape index (κ3) is 4.91. The summed E-state index contributed by atoms with van der Waals surface area (Å²) in [6.45, 7) is 1.78. The van der Waals surface area contributed by atoms with Crippen molar-refractivity contribution in [2.24, 2.45) is 0 Å². The van der Waals surface area contributed by atoms with Gasteiger partial charge < -0.3 is 15.4 Å². The summed E-state index contributed by atoms with van der Waals surface area (Å²) in [7, 11) is 1.45. The van der Waals surface area contributed by atoms with E-state index in [1.165, 1.54) is 25.4 Å². The van der Waals surface area contributed by atoms with E-state index in [1.807, 2.05) is 0 Å². The molecule has 170 valence electrons. The molecule has 2 N–H and O–H groups in total. The van der Waals surface area contributed by atoms with Crippen molar-refractivity contribution >= 4 is 23.2 Å². The van der Waals surface area contributed by atoms with E-state index in [9.17, 15) is 14.0 Å². The Labute approximate surface area is 195 Å². The number of nitrogens with one attached hydrogen (secondary N) is 2. The number of ether oxygens (including phenoxy) is 1. The summed E-state index contributed by atoms with van der Waals surface area (Å²) in [5.41, 5.74) is 2.93. The van der Waals surface area contributed by atoms with Gasteiger partial charge in [0.15, 0.2) is 0 Å². The number of pyridine rings is 2. The number of rotatable bonds is 6. The van der Waals surface area contributed by atoms with Gasteiger partial charge in [0.05, 0.1) is 41.6 Å². The molecular formula is C26H21FN4O3. The smallest absolute Gasteiger partial charge is 0.259 e. The van der Waals surface area contributed by atoms with Crippen LogP contribution in [0.2, 0.25) is 0 Å². The van der Waals surface area contributed by atoms with Gasteiger partial charge in [0.25, 0.3) is 11.8 Å². The minimum absolute atomic E-state index is 0.200. The lowest BCUT2D eigenvalue weighted by Gasteiger charge is -2.12. The predicted octanol–water partition coefficient (Wildman–Crippen LogP) is 5.10. The zero-order valence-corrected chi connectivity index (χ0v) is 18.5. The lowest BCUT2D eigenvalue weighted by molar-refractivity contribution is 0.102. The molecule has 8 heteroatoms. The topological polar surface area (TPSA) is 93.2 Å². The molecule has 4 aromatic rings. The van der Waals surface area contributed by atoms with Crippen LogP contribution < -0.4 is 15.4 Å². The van der Waals surface area contributed by atoms with Crippen LogP contribution in [-0.4, -0.2) is 28.9 Å². The Morgan fingerprint density at radius 3 is 2.44 bits per heavy atom. The van der Waals surface area contributed by atoms with E-state index in [1.54, 1.807) is 67.7 Å². The number of anilines is 2. The van der Waals surface area contributed by atoms with Crippen LogP contribution in [0, 0.1) is 12.7 Å². The van der Waals surface area contributed by atoms with Crippen LogP contribution in [0.1, 0.15) is 26.4 Å². The molecule has 0 aliphatic carbocycles. The van der Waals surface area contributed by atoms with E-state index in [4.69, 9.17) is 4.74 Å². The van der Waals surface area contributed by atoms with Crippen LogP contribution in [0.4, 0.5) is 15.8 Å². The monoisotopic (exact) mass is 456 g/mol. The van der Waals surface area contributed by atoms with Crippen molar-refractivity contribution in [1.82, 2.24) is 9.97 Å². The Kier molecular flexibility index (Phi) is 6.59. The average molecular weight is 456 g/mol. The first-order valence-electron chi connectivity index (χ1n) is 10.4. The maximum Gasteiger partial charge on any atom is 0.259 e. The van der Waals surface area contributed by atoms with E-state index in [0.717, 1.165) is 0 Å². The molecule has 7 nitrogen and oxygen atoms in total. The number of aryl methyl sites for hydroxylation is 1. The summed E-state index contributed by atoms with van der Waals surface area (Å²) in [6, 6.07) is 17.6. The van der Waals surface area contributed by atoms with Crippen molar-refractivity contribution in [1.29, 1.82) is 0 Å². The van der Waals surface area contributed by atoms with Crippen LogP contribution in [0.15, 0.2) is 79.1 Å². The average Bonchev–Trinajstić information content (AvgIpc) is 2.86. The van der Waals surface area contributed by atoms with Gasteiger partial charge in [-0.05, 0) is 61.5 Å². The summed E-state index contributed by atoms with van der Waals surface area (Å²) >= 11 is 0. The number of hydrogen-bond donors (Lipinski definition) is 2. The summed E-state index contributed by atoms with van der Waals surface area (Å²) < 4.78 is 19.3. The minimum atomic E-state index is -0.435. The second-order valence-corrected chi connectivity index (χ2v) is 7.37. The molecule has 0 saturated heterocycles. The maximum atomic E-state index is 14.0. The van der Waals surface area contributed by atoms with E-state index < -0.39 is 11.8 Å². The Bertz CT molecular complexity index is 1360. The van der Waals surface area contributed by atoms with Crippen molar-refractivity contribution in [3.63, 3.8) is 0 Å². The standard InChI is InChI=1S/C26H21FN4O3/c1-16-22(8-5-13-28-16)31-26(33)20-14-17(9-12-24(20)34-2)25(32)30-18-10-11-23(29-15-18)19-6-3-4-7-21(19)27/h3-15H,1-2H3,(H,30,32)(H,31,33). The highest BCUT2D eigenvalue weighted by Crippen LogP contribution is 2.24. The SMILES string of the molecule is COc1ccc(C(=O)Nc2ccc(-c3ccccc3F)nc2)cc1C(=O)Nc1cccnc1C. The lowest BCUT2D eigenvalue weighted by atomic mass is 10.1. The van der Waals surface area contributed by atoms with E-state index in [2.05, 4.69) is 20.6 Å². The molecule has 2 aromatic carbocycles. The summed E-state index contributed by atoms with van der Waals surface area (Å²) in [5.74, 6) is -0.919. The highest BCUT2D eigenvalue weighted by atomic mass is 19.1. The zero-order chi connectivity index (χ0) is 24.1. The summed E-state index contributed by atoms with van der Waals surface area (Å²) in [4.78, 5) is 34.1. The molecule has 2 aromatic heterocycles. The molecule has 0 fully saturated rings. The highest BCUT2D eigenvalue weighted by molar-refractivity contribution is 6.10. The van der Waals surface area contributed by atoms with Gasteiger partial charge in [-0.25, -0.2) is 4.39 Å². The Morgan fingerprint density at radius 2 is 1.74 bits per heavy atom. The van der Waals surface area contributed by atoms with Gasteiger partial charge in [0, 0.05) is 17.3 Å². The molecule has 0 radical (unpaired) electrons. The van der Waals surface area contributed by atoms with Crippen molar-refractivity contribution in [3.8, 4) is 17.0 Å². The molecule has 0 aliphatic heterocycles. The molecule has 0 aliphatic rings. The number of hydrogen-bond acceptors (Lipinski definition) is 5. The third-order valence-electron chi connectivity index (χ3n) is 5.13. The Hall–Kier alpha value is -4.59. The molecule has 4 rings (SSSR count). The highest BCUT2D eigenvalue weighted by Gasteiger charge is 2.17. The fraction of sp³-hybridized carbons (Fsp3) is 0.0769. The van der Waals surface area contributed by atoms with Gasteiger partial charge in [-0.1, -0.05) is 12.1 Å². The normalized spacial score (nSPS) is 10.4. The first-order chi connectivity index (χ1) is 16.5. The van der Waals surface area contributed by atoms with E-state index in [0.29, 0.717) is 34.1 Å². The molecule has 0 unspecified atom stereocenters. The number of nitrogens with zero attached hydrogens (tertiary/aromatic N) is 2. The predicted molar refractivity (Wildman–Crippen MR) is 128 cm³/mol. The number of aromatic nitrogens is 2. The second kappa shape index (κ2) is 9.91. The van der Waals surface area contributed by atoms with Gasteiger partial charge in [-0.2, -0.15) is 0 Å². The van der Waals surface area contributed by atoms with Crippen LogP contribution in [0.25, 0.3) is 11.3 Å². The molecule has 34 heavy (non-hydrogen) atoms. The van der Waals surface area contributed by atoms with Crippen molar-refractivity contribution in [3.05, 3.63) is 102 Å². The fourth-order valence-corrected chi connectivity index (χ4v) is 3.33. The van der Waals surface area contributed by atoms with Crippen LogP contribution in [-0.2, 0) is 0 Å². The molecule has 0 saturated carbocycles. The van der Waals surface area contributed by atoms with Crippen LogP contribution in [0.3, 0.4) is 0 Å². The number of methoxy groups -OCH3 is 1. The van der Waals surface area contributed by atoms with Crippen LogP contribution in [0.5, 0.6) is 5.75 Å². The summed E-state index contributed by atoms with van der Waals surface area (Å²) in [5, 5.41) is 5.53. The van der Waals surface area contributed by atoms with E-state index >= 15 is 0 Å². The van der Waals surface area contributed by atoms with E-state index in [-0.39, 0.29) is 16.9 Å². The quantitative estimate of drug-likeness (QED) is 0.421. The molecule has 2 heterocycles. The van der Waals surface area contributed by atoms with Crippen molar-refractivity contribution in [2.45, 2.75) is 6.92 Å². The second-order valence-electron chi connectivity index (χ2n) is 7.37. The Balaban J connectivity index is 1.53. The number of amides is 2. The maximum absolute atomic E-state index is 14.0. The number of carbonyl (C=O) groups is 2. The van der Waals surface area contributed by atoms with Gasteiger partial charge >= 0.3 is 0 Å². The molecular weight excluding hydrogens is 435 g/mol. The first kappa shape index (κ1) is 22.6. The zero-order valence-electron chi connectivity index (χ0n) is 18.5. The van der Waals surface area contributed by atoms with Crippen molar-refractivity contribution in [2.75, 3.05) is 17.7 Å². The molecule has 2 amide bonds. The van der Waals surface area contributed by atoms with Gasteiger partial charge in [-0.15, -0.1) is 0 Å². The molecule has 0 spiro atoms. The largest absolute Gasteiger partial charge is 0.496 e. The summed E-state index contributed by atoms with van der Waals surface area (Å²) in [6.07, 6.45) is 3.08. The fourth-order valence-electron chi connectivity index (χ4n) is 3.33. The number of carbonyl (C=O) groups excluding carboxylic acids is 2. The molecule has 0 bridgehead atoms. The van der Waals surface area contributed by atoms with Gasteiger partial charge in [0.2, 0.25) is 0 Å². The first-order valence-corrected chi connectivity index (χ1v) is 10.4. The van der Waals surface area contributed by atoms with Crippen molar-refractivity contribution < 1.29 is 18.7 Å². The minimum Gasteiger partial charge on any atom is -0.496 e. The van der Waals surface area contributed by atoms with Gasteiger partial charge in [0.1, 0.15) is 11.6 Å². The third-order valence-corrected chi connectivity index (χ3v) is 5.13. The lowest BCUT2D eigenvalue weighted by Crippen LogP contribution is -2.17. The van der Waals surface area contributed by atoms with Gasteiger partial charge in [-0.3, -0.25) is 19.6 Å².